The molecular weight excluding hydrogens is 322 g/mol. The summed E-state index contributed by atoms with van der Waals surface area (Å²) in [6, 6.07) is 8.76. The van der Waals surface area contributed by atoms with E-state index in [1.165, 1.54) is 7.11 Å². The summed E-state index contributed by atoms with van der Waals surface area (Å²) < 4.78 is 9.77. The highest BCUT2D eigenvalue weighted by Gasteiger charge is 2.25. The second-order valence-electron chi connectivity index (χ2n) is 6.31. The van der Waals surface area contributed by atoms with Crippen molar-refractivity contribution in [3.63, 3.8) is 0 Å². The van der Waals surface area contributed by atoms with Gasteiger partial charge in [0.1, 0.15) is 6.61 Å². The zero-order valence-electron chi connectivity index (χ0n) is 15.0. The average molecular weight is 349 g/mol. The van der Waals surface area contributed by atoms with Gasteiger partial charge in [-0.2, -0.15) is 0 Å². The first-order valence-electron chi connectivity index (χ1n) is 8.24. The molecule has 0 saturated heterocycles. The highest BCUT2D eigenvalue weighted by molar-refractivity contribution is 5.87. The lowest BCUT2D eigenvalue weighted by atomic mass is 9.95. The van der Waals surface area contributed by atoms with Crippen molar-refractivity contribution >= 4 is 12.1 Å². The summed E-state index contributed by atoms with van der Waals surface area (Å²) in [5.41, 5.74) is 1.03. The first-order valence-corrected chi connectivity index (χ1v) is 8.24. The molecule has 0 radical (unpaired) electrons. The topological polar surface area (TPSA) is 84.9 Å². The first kappa shape index (κ1) is 20.7. The van der Waals surface area contributed by atoms with Crippen molar-refractivity contribution in [2.75, 3.05) is 7.11 Å². The normalized spacial score (nSPS) is 13.0. The van der Waals surface area contributed by atoms with Crippen LogP contribution < -0.4 is 5.32 Å². The number of carbonyl (C=O) groups excluding carboxylic acids is 2. The summed E-state index contributed by atoms with van der Waals surface area (Å²) in [5, 5.41) is 13.0. The number of amides is 1. The van der Waals surface area contributed by atoms with Crippen LogP contribution in [0, 0.1) is 5.92 Å². The van der Waals surface area contributed by atoms with Gasteiger partial charge in [-0.1, -0.05) is 50.8 Å². The van der Waals surface area contributed by atoms with E-state index in [0.29, 0.717) is 6.42 Å². The van der Waals surface area contributed by atoms with Crippen LogP contribution in [0.15, 0.2) is 42.5 Å². The number of hydrogen-bond acceptors (Lipinski definition) is 5. The number of benzene rings is 1. The molecule has 0 aromatic heterocycles. The van der Waals surface area contributed by atoms with Crippen molar-refractivity contribution in [3.05, 3.63) is 48.0 Å². The Kier molecular flexibility index (Phi) is 8.70. The van der Waals surface area contributed by atoms with Gasteiger partial charge >= 0.3 is 12.1 Å². The lowest BCUT2D eigenvalue weighted by molar-refractivity contribution is -0.136. The van der Waals surface area contributed by atoms with Gasteiger partial charge in [-0.05, 0) is 17.9 Å². The van der Waals surface area contributed by atoms with E-state index in [9.17, 15) is 14.7 Å². The molecule has 2 N–H and O–H groups in total. The molecule has 0 bridgehead atoms. The molecule has 25 heavy (non-hydrogen) atoms. The molecule has 0 unspecified atom stereocenters. The quantitative estimate of drug-likeness (QED) is 0.529. The van der Waals surface area contributed by atoms with E-state index in [4.69, 9.17) is 4.74 Å². The molecule has 0 saturated carbocycles. The molecule has 0 aliphatic rings. The smallest absolute Gasteiger partial charge is 0.407 e. The van der Waals surface area contributed by atoms with Crippen molar-refractivity contribution in [1.29, 1.82) is 0 Å². The largest absolute Gasteiger partial charge is 0.466 e. The third-order valence-corrected chi connectivity index (χ3v) is 3.64. The molecule has 0 heterocycles. The molecule has 0 spiro atoms. The maximum atomic E-state index is 12.0. The number of rotatable bonds is 9. The van der Waals surface area contributed by atoms with E-state index in [-0.39, 0.29) is 24.5 Å². The minimum absolute atomic E-state index is 0.0169. The highest BCUT2D eigenvalue weighted by Crippen LogP contribution is 2.15. The van der Waals surface area contributed by atoms with Gasteiger partial charge in [-0.25, -0.2) is 9.59 Å². The number of esters is 1. The number of aliphatic hydroxyl groups is 1. The summed E-state index contributed by atoms with van der Waals surface area (Å²) in [6.07, 6.45) is -1.02. The summed E-state index contributed by atoms with van der Waals surface area (Å²) >= 11 is 0. The predicted molar refractivity (Wildman–Crippen MR) is 94.8 cm³/mol. The van der Waals surface area contributed by atoms with Crippen LogP contribution in [-0.2, 0) is 20.9 Å². The fraction of sp³-hybridized carbons (Fsp3) is 0.474. The fourth-order valence-electron chi connectivity index (χ4n) is 2.36. The van der Waals surface area contributed by atoms with Crippen molar-refractivity contribution < 1.29 is 24.2 Å². The number of ether oxygens (including phenoxy) is 2. The molecule has 0 fully saturated rings. The van der Waals surface area contributed by atoms with Gasteiger partial charge in [-0.3, -0.25) is 0 Å². The van der Waals surface area contributed by atoms with E-state index in [1.807, 2.05) is 44.2 Å². The molecule has 138 valence electrons. The third kappa shape index (κ3) is 7.85. The summed E-state index contributed by atoms with van der Waals surface area (Å²) in [5.74, 6) is -0.338. The molecule has 6 nitrogen and oxygen atoms in total. The van der Waals surface area contributed by atoms with Gasteiger partial charge in [0, 0.05) is 12.0 Å². The minimum Gasteiger partial charge on any atom is -0.466 e. The predicted octanol–water partition coefficient (Wildman–Crippen LogP) is 2.81. The summed E-state index contributed by atoms with van der Waals surface area (Å²) in [7, 11) is 1.25. The number of alkyl carbamates (subject to hydrolysis) is 1. The molecular formula is C19H27NO5. The Morgan fingerprint density at radius 2 is 1.88 bits per heavy atom. The van der Waals surface area contributed by atoms with Crippen LogP contribution in [0.5, 0.6) is 0 Å². The Morgan fingerprint density at radius 3 is 2.44 bits per heavy atom. The zero-order chi connectivity index (χ0) is 18.8. The Hall–Kier alpha value is -2.34. The van der Waals surface area contributed by atoms with Gasteiger partial charge < -0.3 is 19.9 Å². The number of carbonyl (C=O) groups is 2. The Balaban J connectivity index is 2.60. The molecule has 1 rings (SSSR count). The lowest BCUT2D eigenvalue weighted by Crippen LogP contribution is -2.44. The van der Waals surface area contributed by atoms with Gasteiger partial charge in [0.15, 0.2) is 0 Å². The summed E-state index contributed by atoms with van der Waals surface area (Å²) in [6.45, 7) is 7.70. The molecule has 1 aromatic rings. The Bertz CT molecular complexity index is 570. The molecule has 0 aliphatic heterocycles. The van der Waals surface area contributed by atoms with E-state index in [1.54, 1.807) is 0 Å². The maximum absolute atomic E-state index is 12.0. The Labute approximate surface area is 148 Å². The lowest BCUT2D eigenvalue weighted by Gasteiger charge is -2.25. The van der Waals surface area contributed by atoms with Crippen molar-refractivity contribution in [1.82, 2.24) is 5.32 Å². The van der Waals surface area contributed by atoms with E-state index < -0.39 is 24.2 Å². The van der Waals surface area contributed by atoms with Gasteiger partial charge in [-0.15, -0.1) is 0 Å². The monoisotopic (exact) mass is 349 g/mol. The second kappa shape index (κ2) is 10.5. The number of hydrogen-bond donors (Lipinski definition) is 2. The van der Waals surface area contributed by atoms with E-state index in [0.717, 1.165) is 5.56 Å². The van der Waals surface area contributed by atoms with Crippen LogP contribution in [0.2, 0.25) is 0 Å². The van der Waals surface area contributed by atoms with Crippen LogP contribution in [0.1, 0.15) is 32.3 Å². The average Bonchev–Trinajstić information content (AvgIpc) is 2.59. The summed E-state index contributed by atoms with van der Waals surface area (Å²) in [4.78, 5) is 23.5. The zero-order valence-corrected chi connectivity index (χ0v) is 15.0. The number of aliphatic hydroxyl groups excluding tert-OH is 1. The third-order valence-electron chi connectivity index (χ3n) is 3.64. The van der Waals surface area contributed by atoms with Gasteiger partial charge in [0.05, 0.1) is 19.3 Å². The standard InChI is InChI=1S/C19H27NO5/c1-13(2)10-16(17(21)11-14(3)18(22)24-4)20-19(23)25-12-15-8-6-5-7-9-15/h5-9,13,16-17,21H,3,10-12H2,1-2,4H3,(H,20,23)/t16-,17+/m0/s1. The minimum atomic E-state index is -0.960. The van der Waals surface area contributed by atoms with E-state index in [2.05, 4.69) is 16.6 Å². The van der Waals surface area contributed by atoms with Gasteiger partial charge in [0.25, 0.3) is 0 Å². The van der Waals surface area contributed by atoms with Crippen molar-refractivity contribution in [3.8, 4) is 0 Å². The fourth-order valence-corrected chi connectivity index (χ4v) is 2.36. The molecule has 2 atom stereocenters. The first-order chi connectivity index (χ1) is 11.8. The molecule has 6 heteroatoms. The van der Waals surface area contributed by atoms with Crippen LogP contribution in [0.4, 0.5) is 4.79 Å². The van der Waals surface area contributed by atoms with E-state index >= 15 is 0 Å². The van der Waals surface area contributed by atoms with Crippen molar-refractivity contribution in [2.45, 2.75) is 45.4 Å². The van der Waals surface area contributed by atoms with Crippen LogP contribution in [0.3, 0.4) is 0 Å². The molecule has 0 aliphatic carbocycles. The Morgan fingerprint density at radius 1 is 1.24 bits per heavy atom. The maximum Gasteiger partial charge on any atom is 0.407 e. The number of methoxy groups -OCH3 is 1. The number of nitrogens with one attached hydrogen (secondary N) is 1. The van der Waals surface area contributed by atoms with Crippen molar-refractivity contribution in [2.24, 2.45) is 5.92 Å². The molecule has 1 amide bonds. The highest BCUT2D eigenvalue weighted by atomic mass is 16.5. The van der Waals surface area contributed by atoms with Crippen LogP contribution >= 0.6 is 0 Å². The van der Waals surface area contributed by atoms with Crippen LogP contribution in [-0.4, -0.2) is 36.4 Å². The second-order valence-corrected chi connectivity index (χ2v) is 6.31. The molecule has 1 aromatic carbocycles. The SMILES string of the molecule is C=C(C[C@@H](O)[C@H](CC(C)C)NC(=O)OCc1ccccc1)C(=O)OC. The van der Waals surface area contributed by atoms with Crippen LogP contribution in [0.25, 0.3) is 0 Å². The van der Waals surface area contributed by atoms with Gasteiger partial charge in [0.2, 0.25) is 0 Å².